The Morgan fingerprint density at radius 2 is 1.78 bits per heavy atom. The van der Waals surface area contributed by atoms with E-state index in [4.69, 9.17) is 11.6 Å². The zero-order valence-electron chi connectivity index (χ0n) is 9.50. The van der Waals surface area contributed by atoms with Crippen LogP contribution in [0, 0.1) is 0 Å². The van der Waals surface area contributed by atoms with E-state index in [1.807, 2.05) is 12.1 Å². The van der Waals surface area contributed by atoms with Gasteiger partial charge in [0.25, 0.3) is 6.43 Å². The third kappa shape index (κ3) is 3.77. The molecule has 1 nitrogen and oxygen atoms in total. The fourth-order valence-corrected chi connectivity index (χ4v) is 2.61. The largest absolute Gasteiger partial charge is 0.308 e. The lowest BCUT2D eigenvalue weighted by molar-refractivity contribution is 0.151. The van der Waals surface area contributed by atoms with Crippen LogP contribution in [0.5, 0.6) is 0 Å². The zero-order valence-corrected chi connectivity index (χ0v) is 11.1. The van der Waals surface area contributed by atoms with Gasteiger partial charge in [-0.2, -0.15) is 0 Å². The summed E-state index contributed by atoms with van der Waals surface area (Å²) >= 11 is 7.36. The Labute approximate surface area is 113 Å². The molecule has 0 saturated carbocycles. The first kappa shape index (κ1) is 13.5. The monoisotopic (exact) mass is 287 g/mol. The molecule has 0 spiro atoms. The van der Waals surface area contributed by atoms with Crippen molar-refractivity contribution in [1.29, 1.82) is 0 Å². The van der Waals surface area contributed by atoms with E-state index in [1.165, 1.54) is 23.5 Å². The van der Waals surface area contributed by atoms with Gasteiger partial charge in [0.2, 0.25) is 0 Å². The molecule has 0 aliphatic rings. The molecule has 0 bridgehead atoms. The smallest absolute Gasteiger partial charge is 0.263 e. The molecule has 1 N–H and O–H groups in total. The van der Waals surface area contributed by atoms with E-state index in [0.29, 0.717) is 6.54 Å². The Morgan fingerprint density at radius 1 is 1.06 bits per heavy atom. The maximum atomic E-state index is 12.3. The van der Waals surface area contributed by atoms with Gasteiger partial charge in [0, 0.05) is 23.5 Å². The minimum Gasteiger partial charge on any atom is -0.308 e. The molecule has 0 fully saturated rings. The Morgan fingerprint density at radius 3 is 2.33 bits per heavy atom. The zero-order chi connectivity index (χ0) is 13.0. The number of rotatable bonds is 5. The van der Waals surface area contributed by atoms with Gasteiger partial charge in [0.1, 0.15) is 0 Å². The molecule has 1 heterocycles. The topological polar surface area (TPSA) is 12.0 Å². The van der Waals surface area contributed by atoms with Gasteiger partial charge in [-0.1, -0.05) is 35.9 Å². The lowest BCUT2D eigenvalue weighted by Gasteiger charge is -2.05. The van der Waals surface area contributed by atoms with Gasteiger partial charge in [-0.05, 0) is 17.7 Å². The van der Waals surface area contributed by atoms with Crippen molar-refractivity contribution in [2.75, 3.05) is 0 Å². The minimum atomic E-state index is -2.40. The lowest BCUT2D eigenvalue weighted by Crippen LogP contribution is -2.11. The number of hydrogen-bond acceptors (Lipinski definition) is 2. The summed E-state index contributed by atoms with van der Waals surface area (Å²) in [6.07, 6.45) is -2.40. The van der Waals surface area contributed by atoms with Gasteiger partial charge in [0.05, 0.1) is 4.34 Å². The summed E-state index contributed by atoms with van der Waals surface area (Å²) in [5.74, 6) is 0. The van der Waals surface area contributed by atoms with Crippen LogP contribution in [0.25, 0.3) is 0 Å². The van der Waals surface area contributed by atoms with E-state index in [2.05, 4.69) is 5.32 Å². The average Bonchev–Trinajstić information content (AvgIpc) is 2.76. The first-order chi connectivity index (χ1) is 8.65. The highest BCUT2D eigenvalue weighted by Gasteiger charge is 2.05. The van der Waals surface area contributed by atoms with Crippen LogP contribution in [-0.2, 0) is 13.1 Å². The first-order valence-corrected chi connectivity index (χ1v) is 6.66. The second kappa shape index (κ2) is 6.27. The van der Waals surface area contributed by atoms with Crippen LogP contribution in [0.3, 0.4) is 0 Å². The fourth-order valence-electron chi connectivity index (χ4n) is 1.56. The molecule has 1 aromatic heterocycles. The van der Waals surface area contributed by atoms with Crippen LogP contribution in [0.4, 0.5) is 8.78 Å². The highest BCUT2D eigenvalue weighted by molar-refractivity contribution is 7.16. The molecular weight excluding hydrogens is 276 g/mol. The van der Waals surface area contributed by atoms with Crippen molar-refractivity contribution in [3.05, 3.63) is 56.7 Å². The summed E-state index contributed by atoms with van der Waals surface area (Å²) in [6, 6.07) is 10.2. The van der Waals surface area contributed by atoms with Crippen molar-refractivity contribution in [3.8, 4) is 0 Å². The SMILES string of the molecule is FC(F)c1ccc(CNCc2ccc(Cl)s2)cc1. The van der Waals surface area contributed by atoms with E-state index in [0.717, 1.165) is 21.3 Å². The van der Waals surface area contributed by atoms with Crippen molar-refractivity contribution >= 4 is 22.9 Å². The fraction of sp³-hybridized carbons (Fsp3) is 0.231. The van der Waals surface area contributed by atoms with Crippen LogP contribution in [-0.4, -0.2) is 0 Å². The highest BCUT2D eigenvalue weighted by atomic mass is 35.5. The number of hydrogen-bond donors (Lipinski definition) is 1. The molecule has 0 radical (unpaired) electrons. The maximum Gasteiger partial charge on any atom is 0.263 e. The van der Waals surface area contributed by atoms with Crippen molar-refractivity contribution in [3.63, 3.8) is 0 Å². The van der Waals surface area contributed by atoms with E-state index in [9.17, 15) is 8.78 Å². The molecule has 0 amide bonds. The van der Waals surface area contributed by atoms with Crippen molar-refractivity contribution in [1.82, 2.24) is 5.32 Å². The molecule has 0 unspecified atom stereocenters. The van der Waals surface area contributed by atoms with E-state index in [1.54, 1.807) is 12.1 Å². The molecule has 0 aliphatic carbocycles. The Kier molecular flexibility index (Phi) is 4.69. The van der Waals surface area contributed by atoms with Gasteiger partial charge in [0.15, 0.2) is 0 Å². The van der Waals surface area contributed by atoms with Crippen LogP contribution in [0.2, 0.25) is 4.34 Å². The second-order valence-electron chi connectivity index (χ2n) is 3.85. The highest BCUT2D eigenvalue weighted by Crippen LogP contribution is 2.21. The van der Waals surface area contributed by atoms with Crippen LogP contribution < -0.4 is 5.32 Å². The standard InChI is InChI=1S/C13H12ClF2NS/c14-12-6-5-11(18-12)8-17-7-9-1-3-10(4-2-9)13(15)16/h1-6,13,17H,7-8H2. The molecule has 0 aliphatic heterocycles. The predicted molar refractivity (Wildman–Crippen MR) is 71.3 cm³/mol. The molecule has 18 heavy (non-hydrogen) atoms. The van der Waals surface area contributed by atoms with Gasteiger partial charge in [-0.25, -0.2) is 8.78 Å². The Balaban J connectivity index is 1.83. The van der Waals surface area contributed by atoms with Crippen LogP contribution in [0.15, 0.2) is 36.4 Å². The molecule has 2 rings (SSSR count). The van der Waals surface area contributed by atoms with E-state index in [-0.39, 0.29) is 5.56 Å². The summed E-state index contributed by atoms with van der Waals surface area (Å²) in [6.45, 7) is 1.38. The van der Waals surface area contributed by atoms with Gasteiger partial charge in [-0.15, -0.1) is 11.3 Å². The lowest BCUT2D eigenvalue weighted by atomic mass is 10.1. The molecule has 96 valence electrons. The van der Waals surface area contributed by atoms with Gasteiger partial charge < -0.3 is 5.32 Å². The number of nitrogens with one attached hydrogen (secondary N) is 1. The Bertz CT molecular complexity index is 496. The summed E-state index contributed by atoms with van der Waals surface area (Å²) in [4.78, 5) is 1.16. The molecule has 2 aromatic rings. The molecule has 5 heteroatoms. The second-order valence-corrected chi connectivity index (χ2v) is 5.65. The number of alkyl halides is 2. The summed E-state index contributed by atoms with van der Waals surface area (Å²) in [5, 5.41) is 3.24. The van der Waals surface area contributed by atoms with Crippen molar-refractivity contribution < 1.29 is 8.78 Å². The third-order valence-electron chi connectivity index (χ3n) is 2.49. The minimum absolute atomic E-state index is 0.0591. The van der Waals surface area contributed by atoms with Gasteiger partial charge in [-0.3, -0.25) is 0 Å². The average molecular weight is 288 g/mol. The Hall–Kier alpha value is -0.970. The number of benzene rings is 1. The van der Waals surface area contributed by atoms with E-state index >= 15 is 0 Å². The van der Waals surface area contributed by atoms with Crippen LogP contribution in [0.1, 0.15) is 22.4 Å². The third-order valence-corrected chi connectivity index (χ3v) is 3.72. The quantitative estimate of drug-likeness (QED) is 0.845. The number of halogens is 3. The van der Waals surface area contributed by atoms with Crippen LogP contribution >= 0.6 is 22.9 Å². The molecular formula is C13H12ClF2NS. The van der Waals surface area contributed by atoms with Crippen molar-refractivity contribution in [2.45, 2.75) is 19.5 Å². The van der Waals surface area contributed by atoms with Gasteiger partial charge >= 0.3 is 0 Å². The molecule has 0 atom stereocenters. The summed E-state index contributed by atoms with van der Waals surface area (Å²) in [5.41, 5.74) is 1.05. The maximum absolute atomic E-state index is 12.3. The van der Waals surface area contributed by atoms with E-state index < -0.39 is 6.43 Å². The predicted octanol–water partition coefficient (Wildman–Crippen LogP) is 4.63. The number of thiophene rings is 1. The summed E-state index contributed by atoms with van der Waals surface area (Å²) in [7, 11) is 0. The summed E-state index contributed by atoms with van der Waals surface area (Å²) < 4.78 is 25.5. The first-order valence-electron chi connectivity index (χ1n) is 5.47. The van der Waals surface area contributed by atoms with Crippen molar-refractivity contribution in [2.24, 2.45) is 0 Å². The molecule has 0 saturated heterocycles. The normalized spacial score (nSPS) is 11.1. The molecule has 1 aromatic carbocycles.